The first kappa shape index (κ1) is 10.3. The minimum atomic E-state index is 0.252. The molecule has 1 unspecified atom stereocenters. The third kappa shape index (κ3) is 3.61. The molecule has 1 aromatic heterocycles. The topological polar surface area (TPSA) is 37.2 Å². The fraction of sp³-hybridized carbons (Fsp3) is 0.600. The quantitative estimate of drug-likeness (QED) is 0.705. The van der Waals surface area contributed by atoms with Gasteiger partial charge in [0.2, 0.25) is 0 Å². The van der Waals surface area contributed by atoms with E-state index < -0.39 is 0 Å². The molecule has 74 valence electrons. The normalized spacial score (nSPS) is 13.2. The molecular weight excluding hydrogens is 164 g/mol. The molecule has 0 spiro atoms. The largest absolute Gasteiger partial charge is 0.396 e. The summed E-state index contributed by atoms with van der Waals surface area (Å²) in [4.78, 5) is 0. The molecule has 0 fully saturated rings. The molecule has 0 aliphatic heterocycles. The van der Waals surface area contributed by atoms with E-state index in [-0.39, 0.29) is 6.61 Å². The molecule has 2 N–H and O–H groups in total. The van der Waals surface area contributed by atoms with Gasteiger partial charge in [0.15, 0.2) is 0 Å². The second kappa shape index (κ2) is 5.04. The summed E-state index contributed by atoms with van der Waals surface area (Å²) in [6, 6.07) is 2.09. The van der Waals surface area contributed by atoms with Crippen LogP contribution in [0, 0.1) is 5.92 Å². The maximum Gasteiger partial charge on any atom is 0.0468 e. The second-order valence-electron chi connectivity index (χ2n) is 3.60. The first-order valence-corrected chi connectivity index (χ1v) is 4.65. The molecule has 3 heteroatoms. The molecule has 0 aliphatic carbocycles. The maximum absolute atomic E-state index is 8.79. The zero-order valence-electron chi connectivity index (χ0n) is 8.33. The Balaban J connectivity index is 2.20. The Kier molecular flexibility index (Phi) is 3.99. The predicted octanol–water partition coefficient (Wildman–Crippen LogP) is 0.743. The predicted molar refractivity (Wildman–Crippen MR) is 53.4 cm³/mol. The average molecular weight is 182 g/mol. The lowest BCUT2D eigenvalue weighted by Gasteiger charge is -2.08. The Morgan fingerprint density at radius 1 is 1.62 bits per heavy atom. The molecule has 1 rings (SSSR count). The number of aryl methyl sites for hydroxylation is 1. The summed E-state index contributed by atoms with van der Waals surface area (Å²) in [5.74, 6) is 0.337. The van der Waals surface area contributed by atoms with Crippen LogP contribution in [0.1, 0.15) is 12.5 Å². The van der Waals surface area contributed by atoms with Crippen LogP contribution in [0.2, 0.25) is 0 Å². The highest BCUT2D eigenvalue weighted by atomic mass is 16.3. The van der Waals surface area contributed by atoms with Crippen LogP contribution < -0.4 is 5.32 Å². The third-order valence-corrected chi connectivity index (χ3v) is 2.03. The van der Waals surface area contributed by atoms with E-state index in [0.717, 1.165) is 13.1 Å². The van der Waals surface area contributed by atoms with Crippen molar-refractivity contribution < 1.29 is 5.11 Å². The molecule has 13 heavy (non-hydrogen) atoms. The van der Waals surface area contributed by atoms with Gasteiger partial charge in [-0.2, -0.15) is 0 Å². The fourth-order valence-corrected chi connectivity index (χ4v) is 1.19. The number of rotatable bonds is 5. The van der Waals surface area contributed by atoms with Crippen LogP contribution in [-0.4, -0.2) is 22.8 Å². The van der Waals surface area contributed by atoms with Gasteiger partial charge in [-0.05, 0) is 17.5 Å². The SMILES string of the molecule is CC(CO)CNCc1ccn(C)c1. The molecule has 0 radical (unpaired) electrons. The van der Waals surface area contributed by atoms with Crippen molar-refractivity contribution in [3.05, 3.63) is 24.0 Å². The zero-order valence-corrected chi connectivity index (χ0v) is 8.33. The first-order chi connectivity index (χ1) is 6.22. The van der Waals surface area contributed by atoms with E-state index in [1.54, 1.807) is 0 Å². The summed E-state index contributed by atoms with van der Waals surface area (Å²) in [7, 11) is 2.01. The Morgan fingerprint density at radius 3 is 2.92 bits per heavy atom. The maximum atomic E-state index is 8.79. The van der Waals surface area contributed by atoms with Gasteiger partial charge in [-0.15, -0.1) is 0 Å². The van der Waals surface area contributed by atoms with Crippen molar-refractivity contribution in [2.45, 2.75) is 13.5 Å². The Labute approximate surface area is 79.4 Å². The lowest BCUT2D eigenvalue weighted by atomic mass is 10.2. The standard InChI is InChI=1S/C10H18N2O/c1-9(8-13)5-11-6-10-3-4-12(2)7-10/h3-4,7,9,11,13H,5-6,8H2,1-2H3. The molecule has 0 aliphatic rings. The molecule has 0 amide bonds. The van der Waals surface area contributed by atoms with Crippen LogP contribution in [0.5, 0.6) is 0 Å². The fourth-order valence-electron chi connectivity index (χ4n) is 1.19. The molecule has 0 saturated carbocycles. The number of aliphatic hydroxyl groups excluding tert-OH is 1. The molecule has 0 bridgehead atoms. The average Bonchev–Trinajstić information content (AvgIpc) is 2.51. The van der Waals surface area contributed by atoms with E-state index >= 15 is 0 Å². The highest BCUT2D eigenvalue weighted by Gasteiger charge is 1.99. The van der Waals surface area contributed by atoms with Crippen LogP contribution in [0.3, 0.4) is 0 Å². The molecule has 3 nitrogen and oxygen atoms in total. The number of hydrogen-bond donors (Lipinski definition) is 2. The van der Waals surface area contributed by atoms with E-state index in [9.17, 15) is 0 Å². The van der Waals surface area contributed by atoms with E-state index in [2.05, 4.69) is 17.6 Å². The number of aromatic nitrogens is 1. The molecular formula is C10H18N2O. The lowest BCUT2D eigenvalue weighted by Crippen LogP contribution is -2.22. The summed E-state index contributed by atoms with van der Waals surface area (Å²) in [5, 5.41) is 12.1. The highest BCUT2D eigenvalue weighted by Crippen LogP contribution is 1.99. The first-order valence-electron chi connectivity index (χ1n) is 4.65. The van der Waals surface area contributed by atoms with E-state index in [1.165, 1.54) is 5.56 Å². The summed E-state index contributed by atoms with van der Waals surface area (Å²) in [6.45, 7) is 4.02. The van der Waals surface area contributed by atoms with Crippen LogP contribution in [0.4, 0.5) is 0 Å². The van der Waals surface area contributed by atoms with Crippen LogP contribution in [-0.2, 0) is 13.6 Å². The van der Waals surface area contributed by atoms with Crippen molar-refractivity contribution in [3.8, 4) is 0 Å². The van der Waals surface area contributed by atoms with Crippen LogP contribution >= 0.6 is 0 Å². The third-order valence-electron chi connectivity index (χ3n) is 2.03. The number of aliphatic hydroxyl groups is 1. The van der Waals surface area contributed by atoms with Crippen molar-refractivity contribution in [1.82, 2.24) is 9.88 Å². The monoisotopic (exact) mass is 182 g/mol. The molecule has 0 aromatic carbocycles. The second-order valence-corrected chi connectivity index (χ2v) is 3.60. The smallest absolute Gasteiger partial charge is 0.0468 e. The van der Waals surface area contributed by atoms with Gasteiger partial charge in [-0.25, -0.2) is 0 Å². The summed E-state index contributed by atoms with van der Waals surface area (Å²) < 4.78 is 2.03. The highest BCUT2D eigenvalue weighted by molar-refractivity contribution is 5.09. The Hall–Kier alpha value is -0.800. The van der Waals surface area contributed by atoms with Crippen molar-refractivity contribution >= 4 is 0 Å². The number of nitrogens with one attached hydrogen (secondary N) is 1. The van der Waals surface area contributed by atoms with Crippen LogP contribution in [0.15, 0.2) is 18.5 Å². The molecule has 1 heterocycles. The molecule has 0 saturated heterocycles. The van der Waals surface area contributed by atoms with Crippen LogP contribution in [0.25, 0.3) is 0 Å². The minimum Gasteiger partial charge on any atom is -0.396 e. The van der Waals surface area contributed by atoms with Gasteiger partial charge in [-0.3, -0.25) is 0 Å². The Morgan fingerprint density at radius 2 is 2.38 bits per heavy atom. The summed E-state index contributed by atoms with van der Waals surface area (Å²) >= 11 is 0. The zero-order chi connectivity index (χ0) is 9.68. The van der Waals surface area contributed by atoms with Crippen molar-refractivity contribution in [2.75, 3.05) is 13.2 Å². The van der Waals surface area contributed by atoms with Crippen molar-refractivity contribution in [3.63, 3.8) is 0 Å². The van der Waals surface area contributed by atoms with Gasteiger partial charge in [-0.1, -0.05) is 6.92 Å². The molecule has 1 aromatic rings. The van der Waals surface area contributed by atoms with Crippen molar-refractivity contribution in [2.24, 2.45) is 13.0 Å². The van der Waals surface area contributed by atoms with E-state index in [4.69, 9.17) is 5.11 Å². The van der Waals surface area contributed by atoms with Gasteiger partial charge in [0.1, 0.15) is 0 Å². The van der Waals surface area contributed by atoms with E-state index in [1.807, 2.05) is 24.7 Å². The van der Waals surface area contributed by atoms with Gasteiger partial charge in [0.05, 0.1) is 0 Å². The minimum absolute atomic E-state index is 0.252. The van der Waals surface area contributed by atoms with Gasteiger partial charge >= 0.3 is 0 Å². The number of nitrogens with zero attached hydrogens (tertiary/aromatic N) is 1. The van der Waals surface area contributed by atoms with E-state index in [0.29, 0.717) is 5.92 Å². The lowest BCUT2D eigenvalue weighted by molar-refractivity contribution is 0.233. The van der Waals surface area contributed by atoms with Crippen molar-refractivity contribution in [1.29, 1.82) is 0 Å². The summed E-state index contributed by atoms with van der Waals surface area (Å²) in [6.07, 6.45) is 4.13. The number of hydrogen-bond acceptors (Lipinski definition) is 2. The summed E-state index contributed by atoms with van der Waals surface area (Å²) in [5.41, 5.74) is 1.28. The van der Waals surface area contributed by atoms with Gasteiger partial charge in [0, 0.05) is 39.1 Å². The van der Waals surface area contributed by atoms with Gasteiger partial charge in [0.25, 0.3) is 0 Å². The Bertz CT molecular complexity index is 245. The molecule has 1 atom stereocenters. The van der Waals surface area contributed by atoms with Gasteiger partial charge < -0.3 is 15.0 Å².